The van der Waals surface area contributed by atoms with E-state index in [9.17, 15) is 4.79 Å². The van der Waals surface area contributed by atoms with Gasteiger partial charge in [-0.15, -0.1) is 0 Å². The number of unbranched alkanes of at least 4 members (excludes halogenated alkanes) is 2. The highest BCUT2D eigenvalue weighted by atomic mass is 16.2. The fourth-order valence-corrected chi connectivity index (χ4v) is 1.93. The highest BCUT2D eigenvalue weighted by Crippen LogP contribution is 2.02. The lowest BCUT2D eigenvalue weighted by atomic mass is 10.1. The molecule has 1 rings (SSSR count). The van der Waals surface area contributed by atoms with Crippen molar-refractivity contribution < 1.29 is 9.90 Å². The number of aliphatic hydroxyl groups excluding tert-OH is 1. The van der Waals surface area contributed by atoms with Gasteiger partial charge in [-0.3, -0.25) is 9.69 Å². The Labute approximate surface area is 109 Å². The van der Waals surface area contributed by atoms with Crippen molar-refractivity contribution in [2.45, 2.75) is 25.7 Å². The third-order valence-corrected chi connectivity index (χ3v) is 2.89. The van der Waals surface area contributed by atoms with Crippen molar-refractivity contribution in [2.75, 3.05) is 26.7 Å². The van der Waals surface area contributed by atoms with Gasteiger partial charge in [0.25, 0.3) is 0 Å². The average molecular weight is 249 g/mol. The predicted molar refractivity (Wildman–Crippen MR) is 73.6 cm³/mol. The van der Waals surface area contributed by atoms with Gasteiger partial charge >= 0.3 is 0 Å². The Morgan fingerprint density at radius 2 is 1.89 bits per heavy atom. The summed E-state index contributed by atoms with van der Waals surface area (Å²) in [5.74, 6) is 0.255. The van der Waals surface area contributed by atoms with Gasteiger partial charge in [0.1, 0.15) is 0 Å². The van der Waals surface area contributed by atoms with Crippen LogP contribution in [0.15, 0.2) is 30.3 Å². The van der Waals surface area contributed by atoms with Gasteiger partial charge in [-0.25, -0.2) is 0 Å². The van der Waals surface area contributed by atoms with Crippen molar-refractivity contribution in [1.29, 1.82) is 0 Å². The number of aliphatic hydroxyl groups is 1. The maximum atomic E-state index is 11.8. The maximum absolute atomic E-state index is 11.8. The molecule has 0 saturated carbocycles. The molecule has 0 aromatic heterocycles. The number of nitrogens with zero attached hydrogens (tertiary/aromatic N) is 1. The number of carbonyl (C=O) groups is 1. The van der Waals surface area contributed by atoms with E-state index in [1.807, 2.05) is 37.4 Å². The molecule has 3 heteroatoms. The summed E-state index contributed by atoms with van der Waals surface area (Å²) in [4.78, 5) is 13.9. The first-order chi connectivity index (χ1) is 8.72. The molecule has 0 amide bonds. The second-order valence-corrected chi connectivity index (χ2v) is 4.72. The molecule has 0 atom stereocenters. The highest BCUT2D eigenvalue weighted by Gasteiger charge is 2.07. The maximum Gasteiger partial charge on any atom is 0.151 e. The van der Waals surface area contributed by atoms with Crippen molar-refractivity contribution in [2.24, 2.45) is 0 Å². The second kappa shape index (κ2) is 8.84. The van der Waals surface area contributed by atoms with Crippen molar-refractivity contribution in [3.05, 3.63) is 35.9 Å². The predicted octanol–water partition coefficient (Wildman–Crippen LogP) is 1.89. The molecule has 0 aliphatic heterocycles. The van der Waals surface area contributed by atoms with Gasteiger partial charge in [0, 0.05) is 13.0 Å². The molecule has 0 radical (unpaired) electrons. The molecule has 0 unspecified atom stereocenters. The van der Waals surface area contributed by atoms with E-state index >= 15 is 0 Å². The van der Waals surface area contributed by atoms with E-state index < -0.39 is 0 Å². The number of ketones is 1. The summed E-state index contributed by atoms with van der Waals surface area (Å²) in [6, 6.07) is 9.85. The Morgan fingerprint density at radius 3 is 2.56 bits per heavy atom. The number of rotatable bonds is 9. The quantitative estimate of drug-likeness (QED) is 0.679. The number of likely N-dealkylation sites (N-methyl/N-ethyl adjacent to an activating group) is 1. The third-order valence-electron chi connectivity index (χ3n) is 2.89. The van der Waals surface area contributed by atoms with Crippen LogP contribution in [-0.4, -0.2) is 42.5 Å². The number of Topliss-reactive ketones (excluding diaryl/α,β-unsaturated/α-hetero) is 1. The van der Waals surface area contributed by atoms with Crippen LogP contribution < -0.4 is 0 Å². The van der Waals surface area contributed by atoms with E-state index in [0.29, 0.717) is 13.0 Å². The van der Waals surface area contributed by atoms with Crippen molar-refractivity contribution in [3.8, 4) is 0 Å². The molecule has 0 aliphatic rings. The van der Waals surface area contributed by atoms with E-state index in [0.717, 1.165) is 31.4 Å². The summed E-state index contributed by atoms with van der Waals surface area (Å²) in [6.07, 6.45) is 3.43. The molecule has 1 N–H and O–H groups in total. The molecule has 0 aliphatic carbocycles. The van der Waals surface area contributed by atoms with Gasteiger partial charge in [-0.1, -0.05) is 30.3 Å². The number of hydrogen-bond donors (Lipinski definition) is 1. The zero-order valence-corrected chi connectivity index (χ0v) is 11.1. The first-order valence-electron chi connectivity index (χ1n) is 6.57. The molecule has 0 spiro atoms. The first kappa shape index (κ1) is 14.9. The lowest BCUT2D eigenvalue weighted by Gasteiger charge is -2.15. The molecule has 3 nitrogen and oxygen atoms in total. The normalized spacial score (nSPS) is 10.8. The molecule has 0 fully saturated rings. The van der Waals surface area contributed by atoms with E-state index in [2.05, 4.69) is 4.90 Å². The topological polar surface area (TPSA) is 40.5 Å². The summed E-state index contributed by atoms with van der Waals surface area (Å²) in [6.45, 7) is 1.69. The Kier molecular flexibility index (Phi) is 7.30. The van der Waals surface area contributed by atoms with Crippen molar-refractivity contribution >= 4 is 5.78 Å². The molecule has 100 valence electrons. The Morgan fingerprint density at radius 1 is 1.17 bits per heavy atom. The van der Waals surface area contributed by atoms with Gasteiger partial charge in [-0.2, -0.15) is 0 Å². The summed E-state index contributed by atoms with van der Waals surface area (Å²) in [5, 5.41) is 8.67. The second-order valence-electron chi connectivity index (χ2n) is 4.72. The molecule has 1 aromatic carbocycles. The molecule has 0 heterocycles. The fourth-order valence-electron chi connectivity index (χ4n) is 1.93. The zero-order valence-electron chi connectivity index (χ0n) is 11.1. The minimum absolute atomic E-state index is 0.255. The number of benzene rings is 1. The van der Waals surface area contributed by atoms with Crippen molar-refractivity contribution in [1.82, 2.24) is 4.90 Å². The lowest BCUT2D eigenvalue weighted by molar-refractivity contribution is -0.119. The summed E-state index contributed by atoms with van der Waals surface area (Å²) < 4.78 is 0. The smallest absolute Gasteiger partial charge is 0.151 e. The van der Waals surface area contributed by atoms with Gasteiger partial charge in [0.05, 0.1) is 6.54 Å². The average Bonchev–Trinajstić information content (AvgIpc) is 2.35. The molecule has 1 aromatic rings. The van der Waals surface area contributed by atoms with Crippen LogP contribution >= 0.6 is 0 Å². The van der Waals surface area contributed by atoms with Gasteiger partial charge < -0.3 is 5.11 Å². The highest BCUT2D eigenvalue weighted by molar-refractivity contribution is 5.82. The SMILES string of the molecule is CN(CCCCCO)CC(=O)Cc1ccccc1. The minimum Gasteiger partial charge on any atom is -0.396 e. The number of hydrogen-bond acceptors (Lipinski definition) is 3. The van der Waals surface area contributed by atoms with Crippen LogP contribution in [-0.2, 0) is 11.2 Å². The Balaban J connectivity index is 2.19. The zero-order chi connectivity index (χ0) is 13.2. The largest absolute Gasteiger partial charge is 0.396 e. The minimum atomic E-state index is 0.255. The standard InChI is InChI=1S/C15H23NO2/c1-16(10-6-3-7-11-17)13-15(18)12-14-8-4-2-5-9-14/h2,4-5,8-9,17H,3,6-7,10-13H2,1H3. The van der Waals surface area contributed by atoms with Gasteiger partial charge in [0.15, 0.2) is 5.78 Å². The molecular weight excluding hydrogens is 226 g/mol. The van der Waals surface area contributed by atoms with Crippen LogP contribution in [0.4, 0.5) is 0 Å². The van der Waals surface area contributed by atoms with Crippen molar-refractivity contribution in [3.63, 3.8) is 0 Å². The van der Waals surface area contributed by atoms with Crippen LogP contribution in [0.25, 0.3) is 0 Å². The third kappa shape index (κ3) is 6.52. The Bertz CT molecular complexity index is 338. The summed E-state index contributed by atoms with van der Waals surface area (Å²) >= 11 is 0. The Hall–Kier alpha value is -1.19. The van der Waals surface area contributed by atoms with Gasteiger partial charge in [0.2, 0.25) is 0 Å². The van der Waals surface area contributed by atoms with E-state index in [4.69, 9.17) is 5.11 Å². The monoisotopic (exact) mass is 249 g/mol. The lowest BCUT2D eigenvalue weighted by Crippen LogP contribution is -2.27. The van der Waals surface area contributed by atoms with E-state index in [1.165, 1.54) is 0 Å². The molecular formula is C15H23NO2. The molecule has 0 bridgehead atoms. The first-order valence-corrected chi connectivity index (χ1v) is 6.57. The van der Waals surface area contributed by atoms with Crippen LogP contribution in [0.2, 0.25) is 0 Å². The van der Waals surface area contributed by atoms with E-state index in [1.54, 1.807) is 0 Å². The molecule has 0 saturated heterocycles. The van der Waals surface area contributed by atoms with Gasteiger partial charge in [-0.05, 0) is 38.4 Å². The van der Waals surface area contributed by atoms with Crippen LogP contribution in [0, 0.1) is 0 Å². The fraction of sp³-hybridized carbons (Fsp3) is 0.533. The van der Waals surface area contributed by atoms with Crippen LogP contribution in [0.3, 0.4) is 0 Å². The van der Waals surface area contributed by atoms with Crippen LogP contribution in [0.5, 0.6) is 0 Å². The number of carbonyl (C=O) groups excluding carboxylic acids is 1. The summed E-state index contributed by atoms with van der Waals surface area (Å²) in [5.41, 5.74) is 1.08. The molecule has 18 heavy (non-hydrogen) atoms. The van der Waals surface area contributed by atoms with Crippen LogP contribution in [0.1, 0.15) is 24.8 Å². The summed E-state index contributed by atoms with van der Waals surface area (Å²) in [7, 11) is 1.97. The van der Waals surface area contributed by atoms with E-state index in [-0.39, 0.29) is 12.4 Å².